The number of rotatable bonds is 12. The standard InChI is InChI=1S/C31H43N3O5/c1-7-17-32(6)27(36)24-25-28(37)34(23(20-35)21(4)5)26(31(25)16-15-30(24,9-3)39-31)29(38)33(18-8-2)19-22-13-11-10-12-14-22/h7-8,10-14,21,23-26,35H,1-2,9,15-20H2,3-6H3/t23-,24+,25-,26?,30-,31?/m0/s1. The van der Waals surface area contributed by atoms with E-state index in [1.165, 1.54) is 0 Å². The highest BCUT2D eigenvalue weighted by Gasteiger charge is 2.79. The number of nitrogens with zero attached hydrogens (tertiary/aromatic N) is 3. The first-order valence-electron chi connectivity index (χ1n) is 14.0. The van der Waals surface area contributed by atoms with Crippen LogP contribution in [0.1, 0.15) is 45.6 Å². The number of likely N-dealkylation sites (tertiary alicyclic amines) is 1. The van der Waals surface area contributed by atoms with Gasteiger partial charge in [-0.1, -0.05) is 63.3 Å². The van der Waals surface area contributed by atoms with Crippen molar-refractivity contribution < 1.29 is 24.2 Å². The number of hydrogen-bond donors (Lipinski definition) is 1. The van der Waals surface area contributed by atoms with Crippen LogP contribution >= 0.6 is 0 Å². The van der Waals surface area contributed by atoms with Gasteiger partial charge in [0.1, 0.15) is 11.6 Å². The van der Waals surface area contributed by atoms with Gasteiger partial charge in [0.05, 0.1) is 30.1 Å². The van der Waals surface area contributed by atoms with Crippen molar-refractivity contribution in [3.05, 3.63) is 61.2 Å². The number of likely N-dealkylation sites (N-methyl/N-ethyl adjacent to an activating group) is 1. The maximum Gasteiger partial charge on any atom is 0.249 e. The van der Waals surface area contributed by atoms with E-state index in [4.69, 9.17) is 4.74 Å². The molecular formula is C31H43N3O5. The van der Waals surface area contributed by atoms with Crippen LogP contribution in [0.2, 0.25) is 0 Å². The Morgan fingerprint density at radius 2 is 1.82 bits per heavy atom. The molecule has 3 heterocycles. The second-order valence-electron chi connectivity index (χ2n) is 11.6. The molecule has 4 rings (SSSR count). The summed E-state index contributed by atoms with van der Waals surface area (Å²) in [5.74, 6) is -2.30. The van der Waals surface area contributed by atoms with E-state index in [1.807, 2.05) is 51.1 Å². The molecule has 3 amide bonds. The van der Waals surface area contributed by atoms with Gasteiger partial charge in [0.25, 0.3) is 0 Å². The van der Waals surface area contributed by atoms with Crippen molar-refractivity contribution in [1.29, 1.82) is 0 Å². The summed E-state index contributed by atoms with van der Waals surface area (Å²) in [5, 5.41) is 10.4. The highest BCUT2D eigenvalue weighted by molar-refractivity contribution is 5.99. The molecule has 3 aliphatic rings. The number of aliphatic hydroxyl groups is 1. The van der Waals surface area contributed by atoms with E-state index in [0.29, 0.717) is 38.9 Å². The van der Waals surface area contributed by atoms with Crippen LogP contribution in [-0.4, -0.2) is 87.6 Å². The first kappa shape index (κ1) is 29.0. The quantitative estimate of drug-likeness (QED) is 0.414. The van der Waals surface area contributed by atoms with E-state index in [9.17, 15) is 19.5 Å². The Hall–Kier alpha value is -2.97. The molecule has 1 aromatic carbocycles. The lowest BCUT2D eigenvalue weighted by Gasteiger charge is -2.40. The largest absolute Gasteiger partial charge is 0.394 e. The van der Waals surface area contributed by atoms with Crippen LogP contribution in [0.15, 0.2) is 55.6 Å². The molecule has 3 saturated heterocycles. The van der Waals surface area contributed by atoms with E-state index in [-0.39, 0.29) is 30.2 Å². The van der Waals surface area contributed by atoms with Gasteiger partial charge in [-0.25, -0.2) is 0 Å². The monoisotopic (exact) mass is 537 g/mol. The molecular weight excluding hydrogens is 494 g/mol. The van der Waals surface area contributed by atoms with E-state index >= 15 is 0 Å². The molecule has 1 spiro atoms. The Kier molecular flexibility index (Phi) is 8.38. The Balaban J connectivity index is 1.83. The number of aliphatic hydroxyl groups excluding tert-OH is 1. The molecule has 6 atom stereocenters. The molecule has 0 radical (unpaired) electrons. The van der Waals surface area contributed by atoms with Gasteiger partial charge in [0, 0.05) is 26.7 Å². The summed E-state index contributed by atoms with van der Waals surface area (Å²) in [4.78, 5) is 47.8. The van der Waals surface area contributed by atoms with Gasteiger partial charge in [-0.2, -0.15) is 0 Å². The lowest BCUT2D eigenvalue weighted by molar-refractivity contribution is -0.159. The summed E-state index contributed by atoms with van der Waals surface area (Å²) < 4.78 is 6.88. The first-order chi connectivity index (χ1) is 18.6. The second-order valence-corrected chi connectivity index (χ2v) is 11.6. The van der Waals surface area contributed by atoms with Crippen LogP contribution in [-0.2, 0) is 25.7 Å². The van der Waals surface area contributed by atoms with Crippen LogP contribution in [0.3, 0.4) is 0 Å². The zero-order valence-corrected chi connectivity index (χ0v) is 23.7. The average molecular weight is 538 g/mol. The molecule has 0 saturated carbocycles. The van der Waals surface area contributed by atoms with Gasteiger partial charge < -0.3 is 24.5 Å². The fourth-order valence-electron chi connectivity index (χ4n) is 7.17. The Bertz CT molecular complexity index is 1110. The van der Waals surface area contributed by atoms with Crippen LogP contribution in [0.4, 0.5) is 0 Å². The molecule has 0 aliphatic carbocycles. The molecule has 39 heavy (non-hydrogen) atoms. The number of benzene rings is 1. The topological polar surface area (TPSA) is 90.4 Å². The van der Waals surface area contributed by atoms with Crippen LogP contribution in [0.25, 0.3) is 0 Å². The highest BCUT2D eigenvalue weighted by atomic mass is 16.5. The van der Waals surface area contributed by atoms with E-state index in [2.05, 4.69) is 13.2 Å². The summed E-state index contributed by atoms with van der Waals surface area (Å²) in [7, 11) is 1.71. The number of hydrogen-bond acceptors (Lipinski definition) is 5. The fraction of sp³-hybridized carbons (Fsp3) is 0.581. The van der Waals surface area contributed by atoms with Crippen molar-refractivity contribution >= 4 is 17.7 Å². The van der Waals surface area contributed by atoms with Gasteiger partial charge >= 0.3 is 0 Å². The van der Waals surface area contributed by atoms with E-state index < -0.39 is 35.1 Å². The Morgan fingerprint density at radius 3 is 2.38 bits per heavy atom. The molecule has 2 bridgehead atoms. The van der Waals surface area contributed by atoms with Crippen molar-refractivity contribution in [1.82, 2.24) is 14.7 Å². The van der Waals surface area contributed by atoms with Crippen molar-refractivity contribution in [2.24, 2.45) is 17.8 Å². The first-order valence-corrected chi connectivity index (χ1v) is 14.0. The minimum atomic E-state index is -1.14. The van der Waals surface area contributed by atoms with Crippen LogP contribution in [0.5, 0.6) is 0 Å². The minimum Gasteiger partial charge on any atom is -0.394 e. The molecule has 2 unspecified atom stereocenters. The van der Waals surface area contributed by atoms with Crippen LogP contribution in [0, 0.1) is 17.8 Å². The third-order valence-electron chi connectivity index (χ3n) is 9.09. The molecule has 1 aromatic rings. The summed E-state index contributed by atoms with van der Waals surface area (Å²) in [5.41, 5.74) is -0.995. The Morgan fingerprint density at radius 1 is 1.15 bits per heavy atom. The van der Waals surface area contributed by atoms with Gasteiger partial charge in [-0.05, 0) is 30.7 Å². The number of ether oxygens (including phenoxy) is 1. The summed E-state index contributed by atoms with van der Waals surface area (Å²) in [6, 6.07) is 8.16. The third-order valence-corrected chi connectivity index (χ3v) is 9.09. The molecule has 3 aliphatic heterocycles. The zero-order chi connectivity index (χ0) is 28.5. The molecule has 8 nitrogen and oxygen atoms in total. The lowest BCUT2D eigenvalue weighted by Crippen LogP contribution is -2.59. The maximum atomic E-state index is 14.6. The molecule has 3 fully saturated rings. The van der Waals surface area contributed by atoms with Crippen molar-refractivity contribution in [2.75, 3.05) is 26.7 Å². The minimum absolute atomic E-state index is 0.110. The fourth-order valence-corrected chi connectivity index (χ4v) is 7.17. The highest BCUT2D eigenvalue weighted by Crippen LogP contribution is 2.65. The molecule has 1 N–H and O–H groups in total. The van der Waals surface area contributed by atoms with Gasteiger partial charge in [-0.15, -0.1) is 13.2 Å². The van der Waals surface area contributed by atoms with E-state index in [1.54, 1.807) is 33.9 Å². The van der Waals surface area contributed by atoms with Crippen molar-refractivity contribution in [3.63, 3.8) is 0 Å². The molecule has 8 heteroatoms. The normalized spacial score (nSPS) is 29.8. The maximum absolute atomic E-state index is 14.6. The summed E-state index contributed by atoms with van der Waals surface area (Å²) in [6.07, 6.45) is 5.00. The third kappa shape index (κ3) is 4.61. The Labute approximate surface area is 232 Å². The van der Waals surface area contributed by atoms with Crippen molar-refractivity contribution in [3.8, 4) is 0 Å². The smallest absolute Gasteiger partial charge is 0.249 e. The van der Waals surface area contributed by atoms with Gasteiger partial charge in [0.15, 0.2) is 0 Å². The number of amides is 3. The molecule has 212 valence electrons. The van der Waals surface area contributed by atoms with Crippen LogP contribution < -0.4 is 0 Å². The number of carbonyl (C=O) groups excluding carboxylic acids is 3. The van der Waals surface area contributed by atoms with Gasteiger partial charge in [0.2, 0.25) is 17.7 Å². The zero-order valence-electron chi connectivity index (χ0n) is 23.7. The average Bonchev–Trinajstić information content (AvgIpc) is 3.52. The number of carbonyl (C=O) groups is 3. The summed E-state index contributed by atoms with van der Waals surface area (Å²) in [6.45, 7) is 14.2. The van der Waals surface area contributed by atoms with Crippen molar-refractivity contribution in [2.45, 2.75) is 69.9 Å². The SMILES string of the molecule is C=CCN(C)C(=O)[C@H]1[C@H]2C(=O)N([C@@H](CO)C(C)C)C(C(=O)N(CC=C)Cc3ccccc3)C23CC[C@]1(CC)O3. The lowest BCUT2D eigenvalue weighted by atomic mass is 9.64. The predicted octanol–water partition coefficient (Wildman–Crippen LogP) is 3.02. The summed E-state index contributed by atoms with van der Waals surface area (Å²) >= 11 is 0. The van der Waals surface area contributed by atoms with Gasteiger partial charge in [-0.3, -0.25) is 14.4 Å². The number of fused-ring (bicyclic) bond motifs is 1. The van der Waals surface area contributed by atoms with E-state index in [0.717, 1.165) is 5.56 Å². The molecule has 0 aromatic heterocycles. The second kappa shape index (κ2) is 11.3. The predicted molar refractivity (Wildman–Crippen MR) is 149 cm³/mol.